The number of thioether (sulfide) groups is 1. The van der Waals surface area contributed by atoms with Gasteiger partial charge < -0.3 is 14.8 Å². The summed E-state index contributed by atoms with van der Waals surface area (Å²) in [7, 11) is 1.63. The van der Waals surface area contributed by atoms with Crippen LogP contribution in [0.25, 0.3) is 17.1 Å². The number of hydrogen-bond acceptors (Lipinski definition) is 6. The summed E-state index contributed by atoms with van der Waals surface area (Å²) in [5, 5.41) is 12.2. The van der Waals surface area contributed by atoms with E-state index in [1.807, 2.05) is 66.9 Å². The Balaban J connectivity index is 1.98. The van der Waals surface area contributed by atoms with E-state index in [1.54, 1.807) is 7.11 Å². The molecule has 1 N–H and O–H groups in total. The molecule has 1 atom stereocenters. The number of hydrogen-bond donors (Lipinski definition) is 1. The molecule has 8 heteroatoms. The maximum atomic E-state index is 12.6. The van der Waals surface area contributed by atoms with Crippen molar-refractivity contribution in [2.45, 2.75) is 38.1 Å². The Morgan fingerprint density at radius 3 is 2.50 bits per heavy atom. The molecule has 1 amide bonds. The van der Waals surface area contributed by atoms with Gasteiger partial charge in [0.2, 0.25) is 5.91 Å². The third kappa shape index (κ3) is 5.82. The largest absolute Gasteiger partial charge is 0.497 e. The minimum Gasteiger partial charge on any atom is -0.497 e. The van der Waals surface area contributed by atoms with Crippen LogP contribution in [0.4, 0.5) is 0 Å². The SMILES string of the molecule is CCOc1ccc(-n2c(SC(C)C(=O)NCC(C)C)nnc2-c2cccc(OC)c2)cc1. The van der Waals surface area contributed by atoms with Crippen molar-refractivity contribution < 1.29 is 14.3 Å². The number of nitrogens with one attached hydrogen (secondary N) is 1. The summed E-state index contributed by atoms with van der Waals surface area (Å²) in [6, 6.07) is 15.4. The predicted octanol–water partition coefficient (Wildman–Crippen LogP) is 4.59. The highest BCUT2D eigenvalue weighted by atomic mass is 32.2. The van der Waals surface area contributed by atoms with Crippen molar-refractivity contribution in [3.05, 3.63) is 48.5 Å². The van der Waals surface area contributed by atoms with Crippen LogP contribution in [0, 0.1) is 5.92 Å². The number of rotatable bonds is 10. The lowest BCUT2D eigenvalue weighted by Gasteiger charge is -2.15. The van der Waals surface area contributed by atoms with Gasteiger partial charge >= 0.3 is 0 Å². The van der Waals surface area contributed by atoms with E-state index >= 15 is 0 Å². The fourth-order valence-electron chi connectivity index (χ4n) is 3.05. The van der Waals surface area contributed by atoms with Crippen molar-refractivity contribution in [2.24, 2.45) is 5.92 Å². The van der Waals surface area contributed by atoms with Crippen LogP contribution in [0.5, 0.6) is 11.5 Å². The summed E-state index contributed by atoms with van der Waals surface area (Å²) in [4.78, 5) is 12.6. The van der Waals surface area contributed by atoms with Crippen LogP contribution in [0.3, 0.4) is 0 Å². The van der Waals surface area contributed by atoms with Crippen LogP contribution >= 0.6 is 11.8 Å². The van der Waals surface area contributed by atoms with E-state index in [1.165, 1.54) is 11.8 Å². The van der Waals surface area contributed by atoms with Gasteiger partial charge in [0.1, 0.15) is 11.5 Å². The first-order chi connectivity index (χ1) is 15.4. The molecule has 1 aromatic heterocycles. The van der Waals surface area contributed by atoms with Gasteiger partial charge in [-0.05, 0) is 56.2 Å². The lowest BCUT2D eigenvalue weighted by molar-refractivity contribution is -0.120. The summed E-state index contributed by atoms with van der Waals surface area (Å²) in [6.07, 6.45) is 0. The van der Waals surface area contributed by atoms with E-state index in [9.17, 15) is 4.79 Å². The molecule has 0 aliphatic rings. The average molecular weight is 455 g/mol. The second-order valence-corrected chi connectivity index (χ2v) is 9.01. The molecule has 0 aliphatic heterocycles. The Hall–Kier alpha value is -3.00. The lowest BCUT2D eigenvalue weighted by atomic mass is 10.2. The number of aromatic nitrogens is 3. The van der Waals surface area contributed by atoms with Gasteiger partial charge in [-0.1, -0.05) is 37.7 Å². The molecule has 1 unspecified atom stereocenters. The first-order valence-corrected chi connectivity index (χ1v) is 11.6. The van der Waals surface area contributed by atoms with Crippen molar-refractivity contribution in [2.75, 3.05) is 20.3 Å². The second-order valence-electron chi connectivity index (χ2n) is 7.70. The Bertz CT molecular complexity index is 1030. The number of benzene rings is 2. The van der Waals surface area contributed by atoms with Gasteiger partial charge in [-0.2, -0.15) is 0 Å². The Morgan fingerprint density at radius 1 is 1.09 bits per heavy atom. The highest BCUT2D eigenvalue weighted by Crippen LogP contribution is 2.32. The van der Waals surface area contributed by atoms with Crippen molar-refractivity contribution in [1.82, 2.24) is 20.1 Å². The molecular weight excluding hydrogens is 424 g/mol. The van der Waals surface area contributed by atoms with Crippen molar-refractivity contribution in [3.63, 3.8) is 0 Å². The molecule has 3 aromatic rings. The second kappa shape index (κ2) is 11.0. The third-order valence-corrected chi connectivity index (χ3v) is 5.75. The van der Waals surface area contributed by atoms with Crippen molar-refractivity contribution >= 4 is 17.7 Å². The zero-order valence-corrected chi connectivity index (χ0v) is 20.0. The standard InChI is InChI=1S/C24H30N4O3S/c1-6-31-20-12-10-19(11-13-20)28-22(18-8-7-9-21(14-18)30-5)26-27-24(28)32-17(4)23(29)25-15-16(2)3/h7-14,16-17H,6,15H2,1-5H3,(H,25,29). The first kappa shape index (κ1) is 23.7. The number of carbonyl (C=O) groups excluding carboxylic acids is 1. The molecular formula is C24H30N4O3S. The quantitative estimate of drug-likeness (QED) is 0.451. The first-order valence-electron chi connectivity index (χ1n) is 10.7. The number of amides is 1. The molecule has 2 aromatic carbocycles. The molecule has 32 heavy (non-hydrogen) atoms. The van der Waals surface area contributed by atoms with Crippen LogP contribution in [-0.2, 0) is 4.79 Å². The molecule has 0 aliphatic carbocycles. The summed E-state index contributed by atoms with van der Waals surface area (Å²) < 4.78 is 12.9. The van der Waals surface area contributed by atoms with E-state index < -0.39 is 0 Å². The summed E-state index contributed by atoms with van der Waals surface area (Å²) in [6.45, 7) is 9.22. The van der Waals surface area contributed by atoms with Gasteiger partial charge in [0, 0.05) is 17.8 Å². The molecule has 0 saturated heterocycles. The molecule has 0 radical (unpaired) electrons. The zero-order valence-electron chi connectivity index (χ0n) is 19.2. The van der Waals surface area contributed by atoms with E-state index in [0.29, 0.717) is 30.1 Å². The zero-order chi connectivity index (χ0) is 23.1. The van der Waals surface area contributed by atoms with E-state index in [-0.39, 0.29) is 11.2 Å². The maximum absolute atomic E-state index is 12.6. The number of ether oxygens (including phenoxy) is 2. The van der Waals surface area contributed by atoms with E-state index in [4.69, 9.17) is 9.47 Å². The lowest BCUT2D eigenvalue weighted by Crippen LogP contribution is -2.33. The van der Waals surface area contributed by atoms with E-state index in [2.05, 4.69) is 29.4 Å². The van der Waals surface area contributed by atoms with Gasteiger partial charge in [-0.15, -0.1) is 10.2 Å². The van der Waals surface area contributed by atoms with Crippen LogP contribution in [-0.4, -0.2) is 46.2 Å². The molecule has 0 fully saturated rings. The van der Waals surface area contributed by atoms with Crippen LogP contribution in [0.2, 0.25) is 0 Å². The van der Waals surface area contributed by atoms with E-state index in [0.717, 1.165) is 22.7 Å². The van der Waals surface area contributed by atoms with Crippen LogP contribution < -0.4 is 14.8 Å². The minimum atomic E-state index is -0.322. The maximum Gasteiger partial charge on any atom is 0.233 e. The number of carbonyl (C=O) groups is 1. The van der Waals surface area contributed by atoms with Crippen LogP contribution in [0.15, 0.2) is 53.7 Å². The highest BCUT2D eigenvalue weighted by Gasteiger charge is 2.22. The fraction of sp³-hybridized carbons (Fsp3) is 0.375. The molecule has 0 bridgehead atoms. The summed E-state index contributed by atoms with van der Waals surface area (Å²) >= 11 is 1.38. The van der Waals surface area contributed by atoms with Gasteiger partial charge in [0.25, 0.3) is 0 Å². The molecule has 0 saturated carbocycles. The number of methoxy groups -OCH3 is 1. The topological polar surface area (TPSA) is 78.3 Å². The molecule has 7 nitrogen and oxygen atoms in total. The Labute approximate surface area is 193 Å². The third-order valence-electron chi connectivity index (χ3n) is 4.70. The smallest absolute Gasteiger partial charge is 0.233 e. The van der Waals surface area contributed by atoms with Gasteiger partial charge in [0.05, 0.1) is 19.0 Å². The average Bonchev–Trinajstić information content (AvgIpc) is 3.21. The molecule has 1 heterocycles. The van der Waals surface area contributed by atoms with Crippen molar-refractivity contribution in [3.8, 4) is 28.6 Å². The van der Waals surface area contributed by atoms with Gasteiger partial charge in [-0.25, -0.2) is 0 Å². The molecule has 0 spiro atoms. The van der Waals surface area contributed by atoms with Crippen molar-refractivity contribution in [1.29, 1.82) is 0 Å². The normalized spacial score (nSPS) is 11.9. The fourth-order valence-corrected chi connectivity index (χ4v) is 3.94. The summed E-state index contributed by atoms with van der Waals surface area (Å²) in [5.41, 5.74) is 1.75. The Kier molecular flexibility index (Phi) is 8.16. The number of nitrogens with zero attached hydrogens (tertiary/aromatic N) is 3. The monoisotopic (exact) mass is 454 g/mol. The molecule has 170 valence electrons. The highest BCUT2D eigenvalue weighted by molar-refractivity contribution is 8.00. The van der Waals surface area contributed by atoms with Crippen LogP contribution in [0.1, 0.15) is 27.7 Å². The Morgan fingerprint density at radius 2 is 1.84 bits per heavy atom. The molecule has 3 rings (SSSR count). The summed E-state index contributed by atoms with van der Waals surface area (Å²) in [5.74, 6) is 2.57. The van der Waals surface area contributed by atoms with Gasteiger partial charge in [-0.3, -0.25) is 9.36 Å². The predicted molar refractivity (Wildman–Crippen MR) is 128 cm³/mol. The van der Waals surface area contributed by atoms with Gasteiger partial charge in [0.15, 0.2) is 11.0 Å². The minimum absolute atomic E-state index is 0.0205.